The molecule has 2 aromatic rings. The molecule has 1 amide bonds. The molecule has 1 aromatic heterocycles. The zero-order valence-electron chi connectivity index (χ0n) is 14.6. The second-order valence-electron chi connectivity index (χ2n) is 5.51. The molecular formula is C18H21N3O5. The lowest BCUT2D eigenvalue weighted by atomic mass is 10.2. The van der Waals surface area contributed by atoms with Crippen molar-refractivity contribution in [2.45, 2.75) is 13.0 Å². The molecule has 2 rings (SSSR count). The maximum absolute atomic E-state index is 12.3. The van der Waals surface area contributed by atoms with E-state index in [1.165, 1.54) is 16.8 Å². The van der Waals surface area contributed by atoms with E-state index in [2.05, 4.69) is 17.0 Å². The van der Waals surface area contributed by atoms with Crippen LogP contribution in [0.25, 0.3) is 5.69 Å². The van der Waals surface area contributed by atoms with E-state index in [1.54, 1.807) is 13.3 Å². The van der Waals surface area contributed by atoms with Crippen molar-refractivity contribution in [1.29, 1.82) is 0 Å². The lowest BCUT2D eigenvalue weighted by molar-refractivity contribution is -0.140. The van der Waals surface area contributed by atoms with Crippen molar-refractivity contribution in [2.24, 2.45) is 0 Å². The Kier molecular flexibility index (Phi) is 6.51. The molecule has 1 atom stereocenters. The van der Waals surface area contributed by atoms with Crippen LogP contribution in [0.15, 0.2) is 43.1 Å². The molecule has 1 heterocycles. The molecule has 0 spiro atoms. The average Bonchev–Trinajstić information content (AvgIpc) is 3.10. The maximum atomic E-state index is 12.3. The number of aryl methyl sites for hydroxylation is 1. The number of methoxy groups -OCH3 is 1. The summed E-state index contributed by atoms with van der Waals surface area (Å²) in [6, 6.07) is 5.90. The van der Waals surface area contributed by atoms with Gasteiger partial charge in [-0.3, -0.25) is 4.79 Å². The maximum Gasteiger partial charge on any atom is 0.328 e. The third kappa shape index (κ3) is 4.70. The molecule has 1 unspecified atom stereocenters. The summed E-state index contributed by atoms with van der Waals surface area (Å²) in [5, 5.41) is 15.8. The average molecular weight is 359 g/mol. The Hall–Kier alpha value is -3.13. The molecule has 0 saturated carbocycles. The number of hydrogen-bond acceptors (Lipinski definition) is 5. The van der Waals surface area contributed by atoms with Crippen LogP contribution in [0.3, 0.4) is 0 Å². The Bertz CT molecular complexity index is 800. The SMILES string of the molecule is C=CCOCC(NC(=O)c1ccn(-c2cc(C)ccc2OC)n1)C(=O)O. The smallest absolute Gasteiger partial charge is 0.328 e. The van der Waals surface area contributed by atoms with E-state index in [-0.39, 0.29) is 18.9 Å². The Morgan fingerprint density at radius 1 is 1.42 bits per heavy atom. The number of carboxylic acid groups (broad SMARTS) is 1. The number of benzene rings is 1. The van der Waals surface area contributed by atoms with Gasteiger partial charge in [0, 0.05) is 6.20 Å². The van der Waals surface area contributed by atoms with Crippen LogP contribution in [0.5, 0.6) is 5.75 Å². The first kappa shape index (κ1) is 19.2. The van der Waals surface area contributed by atoms with Gasteiger partial charge in [-0.2, -0.15) is 5.10 Å². The zero-order chi connectivity index (χ0) is 19.1. The van der Waals surface area contributed by atoms with E-state index in [1.807, 2.05) is 25.1 Å². The van der Waals surface area contributed by atoms with E-state index in [4.69, 9.17) is 9.47 Å². The Balaban J connectivity index is 2.15. The fourth-order valence-corrected chi connectivity index (χ4v) is 2.23. The number of nitrogens with zero attached hydrogens (tertiary/aromatic N) is 2. The zero-order valence-corrected chi connectivity index (χ0v) is 14.6. The van der Waals surface area contributed by atoms with Crippen molar-refractivity contribution < 1.29 is 24.2 Å². The number of nitrogens with one attached hydrogen (secondary N) is 1. The molecule has 0 saturated heterocycles. The van der Waals surface area contributed by atoms with Gasteiger partial charge in [0.2, 0.25) is 0 Å². The highest BCUT2D eigenvalue weighted by atomic mass is 16.5. The summed E-state index contributed by atoms with van der Waals surface area (Å²) in [6.07, 6.45) is 3.10. The second-order valence-corrected chi connectivity index (χ2v) is 5.51. The summed E-state index contributed by atoms with van der Waals surface area (Å²) in [4.78, 5) is 23.5. The first-order valence-electron chi connectivity index (χ1n) is 7.89. The van der Waals surface area contributed by atoms with Gasteiger partial charge in [-0.05, 0) is 30.7 Å². The number of aromatic nitrogens is 2. The van der Waals surface area contributed by atoms with Crippen molar-refractivity contribution in [1.82, 2.24) is 15.1 Å². The minimum atomic E-state index is -1.19. The van der Waals surface area contributed by atoms with E-state index < -0.39 is 17.9 Å². The largest absolute Gasteiger partial charge is 0.494 e. The fraction of sp³-hybridized carbons (Fsp3) is 0.278. The van der Waals surface area contributed by atoms with Gasteiger partial charge < -0.3 is 19.9 Å². The monoisotopic (exact) mass is 359 g/mol. The molecule has 0 aliphatic carbocycles. The summed E-state index contributed by atoms with van der Waals surface area (Å²) in [7, 11) is 1.55. The quantitative estimate of drug-likeness (QED) is 0.520. The summed E-state index contributed by atoms with van der Waals surface area (Å²) in [5.74, 6) is -1.20. The molecule has 0 fully saturated rings. The number of carboxylic acids is 1. The molecule has 0 aliphatic heterocycles. The first-order valence-corrected chi connectivity index (χ1v) is 7.89. The van der Waals surface area contributed by atoms with Gasteiger partial charge in [0.05, 0.1) is 20.3 Å². The van der Waals surface area contributed by atoms with Crippen LogP contribution in [0.2, 0.25) is 0 Å². The van der Waals surface area contributed by atoms with Crippen LogP contribution < -0.4 is 10.1 Å². The number of carbonyl (C=O) groups is 2. The van der Waals surface area contributed by atoms with Crippen LogP contribution in [-0.2, 0) is 9.53 Å². The number of rotatable bonds is 9. The topological polar surface area (TPSA) is 103 Å². The van der Waals surface area contributed by atoms with Crippen LogP contribution in [0, 0.1) is 6.92 Å². The molecule has 8 heteroatoms. The standard InChI is InChI=1S/C18H21N3O5/c1-4-9-26-11-14(18(23)24)19-17(22)13-7-8-21(20-13)15-10-12(2)5-6-16(15)25-3/h4-8,10,14H,1,9,11H2,2-3H3,(H,19,22)(H,23,24). The van der Waals surface area contributed by atoms with Crippen molar-refractivity contribution >= 4 is 11.9 Å². The molecular weight excluding hydrogens is 338 g/mol. The Morgan fingerprint density at radius 3 is 2.85 bits per heavy atom. The van der Waals surface area contributed by atoms with Gasteiger partial charge in [-0.1, -0.05) is 12.1 Å². The highest BCUT2D eigenvalue weighted by Crippen LogP contribution is 2.23. The van der Waals surface area contributed by atoms with Gasteiger partial charge in [-0.15, -0.1) is 6.58 Å². The van der Waals surface area contributed by atoms with Crippen molar-refractivity contribution in [2.75, 3.05) is 20.3 Å². The third-order valence-electron chi connectivity index (χ3n) is 3.53. The van der Waals surface area contributed by atoms with Gasteiger partial charge in [0.15, 0.2) is 11.7 Å². The molecule has 0 aliphatic rings. The molecule has 0 radical (unpaired) electrons. The minimum Gasteiger partial charge on any atom is -0.494 e. The number of carbonyl (C=O) groups excluding carboxylic acids is 1. The number of hydrogen-bond donors (Lipinski definition) is 2. The summed E-state index contributed by atoms with van der Waals surface area (Å²) in [6.45, 7) is 5.44. The lowest BCUT2D eigenvalue weighted by Crippen LogP contribution is -2.44. The van der Waals surface area contributed by atoms with Crippen LogP contribution >= 0.6 is 0 Å². The number of amides is 1. The Morgan fingerprint density at radius 2 is 2.19 bits per heavy atom. The van der Waals surface area contributed by atoms with Gasteiger partial charge in [-0.25, -0.2) is 9.48 Å². The predicted octanol–water partition coefficient (Wildman–Crippen LogP) is 1.57. The first-order chi connectivity index (χ1) is 12.5. The van der Waals surface area contributed by atoms with E-state index in [9.17, 15) is 14.7 Å². The summed E-state index contributed by atoms with van der Waals surface area (Å²) >= 11 is 0. The van der Waals surface area contributed by atoms with Crippen LogP contribution in [0.1, 0.15) is 16.1 Å². The predicted molar refractivity (Wildman–Crippen MR) is 94.8 cm³/mol. The number of ether oxygens (including phenoxy) is 2. The van der Waals surface area contributed by atoms with E-state index in [0.717, 1.165) is 5.56 Å². The normalized spacial score (nSPS) is 11.6. The second kappa shape index (κ2) is 8.82. The molecule has 26 heavy (non-hydrogen) atoms. The highest BCUT2D eigenvalue weighted by Gasteiger charge is 2.22. The minimum absolute atomic E-state index is 0.0866. The third-order valence-corrected chi connectivity index (χ3v) is 3.53. The molecule has 1 aromatic carbocycles. The van der Waals surface area contributed by atoms with Crippen molar-refractivity contribution in [3.05, 3.63) is 54.4 Å². The highest BCUT2D eigenvalue weighted by molar-refractivity contribution is 5.95. The van der Waals surface area contributed by atoms with Crippen molar-refractivity contribution in [3.8, 4) is 11.4 Å². The van der Waals surface area contributed by atoms with Crippen molar-refractivity contribution in [3.63, 3.8) is 0 Å². The molecule has 8 nitrogen and oxygen atoms in total. The van der Waals surface area contributed by atoms with Gasteiger partial charge in [0.25, 0.3) is 5.91 Å². The van der Waals surface area contributed by atoms with Crippen LogP contribution in [0.4, 0.5) is 0 Å². The number of aliphatic carboxylic acids is 1. The van der Waals surface area contributed by atoms with Crippen LogP contribution in [-0.4, -0.2) is 53.1 Å². The lowest BCUT2D eigenvalue weighted by Gasteiger charge is -2.13. The van der Waals surface area contributed by atoms with E-state index in [0.29, 0.717) is 11.4 Å². The Labute approximate surface area is 151 Å². The van der Waals surface area contributed by atoms with Gasteiger partial charge >= 0.3 is 5.97 Å². The molecule has 138 valence electrons. The molecule has 2 N–H and O–H groups in total. The fourth-order valence-electron chi connectivity index (χ4n) is 2.23. The van der Waals surface area contributed by atoms with E-state index >= 15 is 0 Å². The summed E-state index contributed by atoms with van der Waals surface area (Å²) < 4.78 is 11.9. The van der Waals surface area contributed by atoms with Gasteiger partial charge in [0.1, 0.15) is 11.4 Å². The molecule has 0 bridgehead atoms. The summed E-state index contributed by atoms with van der Waals surface area (Å²) in [5.41, 5.74) is 1.77.